The fraction of sp³-hybridized carbons (Fsp3) is 0.375. The normalized spacial score (nSPS) is 13.8. The van der Waals surface area contributed by atoms with E-state index < -0.39 is 17.7 Å². The molecule has 4 N–H and O–H groups in total. The molecule has 1 aliphatic carbocycles. The second kappa shape index (κ2) is 12.0. The quantitative estimate of drug-likeness (QED) is 0.239. The first-order valence-corrected chi connectivity index (χ1v) is 14.2. The van der Waals surface area contributed by atoms with Gasteiger partial charge in [0.15, 0.2) is 0 Å². The van der Waals surface area contributed by atoms with Crippen LogP contribution in [0.1, 0.15) is 56.9 Å². The molecule has 0 unspecified atom stereocenters. The Bertz CT molecular complexity index is 1590. The van der Waals surface area contributed by atoms with Crippen LogP contribution in [0.4, 0.5) is 10.5 Å². The van der Waals surface area contributed by atoms with Crippen LogP contribution in [0.3, 0.4) is 0 Å². The van der Waals surface area contributed by atoms with Crippen LogP contribution in [0.5, 0.6) is 0 Å². The minimum Gasteiger partial charge on any atom is -0.444 e. The summed E-state index contributed by atoms with van der Waals surface area (Å²) in [5.41, 5.74) is 4.97. The number of aromatic amines is 1. The van der Waals surface area contributed by atoms with Gasteiger partial charge in [0, 0.05) is 47.6 Å². The molecule has 5 rings (SSSR count). The molecule has 0 saturated heterocycles. The van der Waals surface area contributed by atoms with Crippen LogP contribution in [0, 0.1) is 0 Å². The summed E-state index contributed by atoms with van der Waals surface area (Å²) in [5, 5.41) is 10.6. The van der Waals surface area contributed by atoms with E-state index in [1.807, 2.05) is 54.7 Å². The molecule has 9 nitrogen and oxygen atoms in total. The zero-order valence-corrected chi connectivity index (χ0v) is 23.8. The number of hydrogen-bond acceptors (Lipinski definition) is 5. The van der Waals surface area contributed by atoms with Crippen molar-refractivity contribution < 1.29 is 19.1 Å². The minimum absolute atomic E-state index is 0.0867. The summed E-state index contributed by atoms with van der Waals surface area (Å²) in [7, 11) is 0. The topological polar surface area (TPSA) is 125 Å². The molecule has 0 fully saturated rings. The van der Waals surface area contributed by atoms with Crippen LogP contribution in [0.15, 0.2) is 54.7 Å². The Morgan fingerprint density at radius 1 is 1.00 bits per heavy atom. The van der Waals surface area contributed by atoms with E-state index in [9.17, 15) is 14.4 Å². The van der Waals surface area contributed by atoms with Gasteiger partial charge in [0.05, 0.1) is 11.2 Å². The fourth-order valence-corrected chi connectivity index (χ4v) is 5.32. The van der Waals surface area contributed by atoms with Crippen molar-refractivity contribution in [3.05, 3.63) is 71.5 Å². The number of fused-ring (bicyclic) bond motifs is 3. The van der Waals surface area contributed by atoms with E-state index in [4.69, 9.17) is 9.72 Å². The van der Waals surface area contributed by atoms with Gasteiger partial charge in [-0.2, -0.15) is 0 Å². The van der Waals surface area contributed by atoms with Crippen molar-refractivity contribution in [2.75, 3.05) is 11.9 Å². The van der Waals surface area contributed by atoms with Gasteiger partial charge in [0.2, 0.25) is 11.8 Å². The molecule has 1 aliphatic rings. The van der Waals surface area contributed by atoms with Gasteiger partial charge >= 0.3 is 6.09 Å². The van der Waals surface area contributed by atoms with Crippen molar-refractivity contribution in [3.63, 3.8) is 0 Å². The summed E-state index contributed by atoms with van der Waals surface area (Å²) in [6, 6.07) is 14.7. The number of aromatic nitrogens is 2. The standard InChI is InChI=1S/C32H37N5O4/c1-32(2,3)41-31(40)36-27(18-20-19-34-24-13-7-4-10-21(20)24)30(39)33-17-16-28(38)37-29-22-11-5-8-14-25(22)35-26-15-9-6-12-23(26)29/h4-5,7-8,10-11,13-14,19,27,34H,6,9,12,15-18H2,1-3H3,(H,33,39)(H,36,40)(H,35,37,38)/t27-/m0/s1. The zero-order chi connectivity index (χ0) is 29.0. The van der Waals surface area contributed by atoms with E-state index >= 15 is 0 Å². The Morgan fingerprint density at radius 2 is 1.73 bits per heavy atom. The maximum atomic E-state index is 13.3. The lowest BCUT2D eigenvalue weighted by atomic mass is 9.92. The molecular formula is C32H37N5O4. The van der Waals surface area contributed by atoms with E-state index in [0.717, 1.165) is 70.0 Å². The lowest BCUT2D eigenvalue weighted by Gasteiger charge is -2.23. The van der Waals surface area contributed by atoms with E-state index in [1.165, 1.54) is 0 Å². The van der Waals surface area contributed by atoms with Gasteiger partial charge in [-0.1, -0.05) is 36.4 Å². The molecule has 2 aromatic heterocycles. The molecule has 0 bridgehead atoms. The van der Waals surface area contributed by atoms with Gasteiger partial charge in [-0.15, -0.1) is 0 Å². The van der Waals surface area contributed by atoms with Crippen molar-refractivity contribution in [3.8, 4) is 0 Å². The van der Waals surface area contributed by atoms with E-state index in [1.54, 1.807) is 20.8 Å². The first kappa shape index (κ1) is 28.1. The average molecular weight is 556 g/mol. The average Bonchev–Trinajstić information content (AvgIpc) is 3.34. The first-order valence-electron chi connectivity index (χ1n) is 14.2. The molecule has 0 aliphatic heterocycles. The molecule has 2 aromatic carbocycles. The van der Waals surface area contributed by atoms with Crippen molar-refractivity contribution >= 4 is 45.4 Å². The van der Waals surface area contributed by atoms with Crippen LogP contribution in [0.2, 0.25) is 0 Å². The number of alkyl carbamates (subject to hydrolysis) is 1. The number of H-pyrrole nitrogens is 1. The number of para-hydroxylation sites is 2. The second-order valence-corrected chi connectivity index (χ2v) is 11.5. The van der Waals surface area contributed by atoms with Crippen LogP contribution in [-0.2, 0) is 33.6 Å². The molecule has 9 heteroatoms. The number of nitrogens with zero attached hydrogens (tertiary/aromatic N) is 1. The van der Waals surface area contributed by atoms with Crippen LogP contribution in [0.25, 0.3) is 21.8 Å². The van der Waals surface area contributed by atoms with Crippen LogP contribution >= 0.6 is 0 Å². The SMILES string of the molecule is CC(C)(C)OC(=O)N[C@@H](Cc1c[nH]c2ccccc12)C(=O)NCCC(=O)Nc1c2c(nc3ccccc13)CCCC2. The molecule has 41 heavy (non-hydrogen) atoms. The summed E-state index contributed by atoms with van der Waals surface area (Å²) in [4.78, 5) is 47.0. The largest absolute Gasteiger partial charge is 0.444 e. The van der Waals surface area contributed by atoms with Crippen LogP contribution in [-0.4, -0.2) is 46.1 Å². The van der Waals surface area contributed by atoms with Crippen LogP contribution < -0.4 is 16.0 Å². The summed E-state index contributed by atoms with van der Waals surface area (Å²) in [5.74, 6) is -0.580. The smallest absolute Gasteiger partial charge is 0.408 e. The number of benzene rings is 2. The number of amides is 3. The predicted molar refractivity (Wildman–Crippen MR) is 160 cm³/mol. The highest BCUT2D eigenvalue weighted by Gasteiger charge is 2.26. The fourth-order valence-electron chi connectivity index (χ4n) is 5.32. The third-order valence-electron chi connectivity index (χ3n) is 7.19. The Hall–Kier alpha value is -4.40. The number of carbonyl (C=O) groups is 3. The van der Waals surface area contributed by atoms with E-state index in [2.05, 4.69) is 20.9 Å². The molecule has 0 saturated carbocycles. The highest BCUT2D eigenvalue weighted by atomic mass is 16.6. The summed E-state index contributed by atoms with van der Waals surface area (Å²) < 4.78 is 5.41. The van der Waals surface area contributed by atoms with Crippen molar-refractivity contribution in [1.82, 2.24) is 20.6 Å². The van der Waals surface area contributed by atoms with E-state index in [0.29, 0.717) is 0 Å². The Morgan fingerprint density at radius 3 is 2.54 bits per heavy atom. The Labute approximate surface area is 239 Å². The highest BCUT2D eigenvalue weighted by molar-refractivity contribution is 6.02. The number of pyridine rings is 1. The molecule has 1 atom stereocenters. The highest BCUT2D eigenvalue weighted by Crippen LogP contribution is 2.33. The molecule has 0 radical (unpaired) electrons. The number of rotatable bonds is 8. The van der Waals surface area contributed by atoms with Gasteiger partial charge in [-0.3, -0.25) is 14.6 Å². The number of hydrogen-bond donors (Lipinski definition) is 4. The van der Waals surface area contributed by atoms with E-state index in [-0.39, 0.29) is 31.2 Å². The molecular weight excluding hydrogens is 518 g/mol. The maximum absolute atomic E-state index is 13.3. The number of nitrogens with one attached hydrogen (secondary N) is 4. The molecule has 3 amide bonds. The van der Waals surface area contributed by atoms with Crippen molar-refractivity contribution in [1.29, 1.82) is 0 Å². The number of aryl methyl sites for hydroxylation is 1. The maximum Gasteiger partial charge on any atom is 0.408 e. The molecule has 2 heterocycles. The zero-order valence-electron chi connectivity index (χ0n) is 23.8. The van der Waals surface area contributed by atoms with Gasteiger partial charge in [-0.05, 0) is 69.7 Å². The number of anilines is 1. The number of carbonyl (C=O) groups excluding carboxylic acids is 3. The van der Waals surface area contributed by atoms with Gasteiger partial charge in [-0.25, -0.2) is 4.79 Å². The third-order valence-corrected chi connectivity index (χ3v) is 7.19. The third kappa shape index (κ3) is 6.85. The van der Waals surface area contributed by atoms with Crippen molar-refractivity contribution in [2.45, 2.75) is 70.9 Å². The molecule has 0 spiro atoms. The molecule has 4 aromatic rings. The predicted octanol–water partition coefficient (Wildman–Crippen LogP) is 5.18. The van der Waals surface area contributed by atoms with Gasteiger partial charge in [0.25, 0.3) is 0 Å². The number of ether oxygens (including phenoxy) is 1. The van der Waals surface area contributed by atoms with Crippen molar-refractivity contribution in [2.24, 2.45) is 0 Å². The lowest BCUT2D eigenvalue weighted by Crippen LogP contribution is -2.49. The van der Waals surface area contributed by atoms with Gasteiger partial charge in [0.1, 0.15) is 11.6 Å². The first-order chi connectivity index (χ1) is 19.7. The summed E-state index contributed by atoms with van der Waals surface area (Å²) in [6.07, 6.45) is 5.45. The monoisotopic (exact) mass is 555 g/mol. The summed E-state index contributed by atoms with van der Waals surface area (Å²) in [6.45, 7) is 5.42. The van der Waals surface area contributed by atoms with Gasteiger partial charge < -0.3 is 25.7 Å². The Kier molecular flexibility index (Phi) is 8.23. The Balaban J connectivity index is 1.25. The lowest BCUT2D eigenvalue weighted by molar-refractivity contribution is -0.123. The summed E-state index contributed by atoms with van der Waals surface area (Å²) >= 11 is 0. The minimum atomic E-state index is -0.886. The second-order valence-electron chi connectivity index (χ2n) is 11.5. The molecule has 214 valence electrons.